The molecule has 0 spiro atoms. The highest BCUT2D eigenvalue weighted by Gasteiger charge is 2.26. The van der Waals surface area contributed by atoms with Gasteiger partial charge in [0.25, 0.3) is 0 Å². The van der Waals surface area contributed by atoms with E-state index in [1.165, 1.54) is 0 Å². The molecule has 0 bridgehead atoms. The summed E-state index contributed by atoms with van der Waals surface area (Å²) in [6.45, 7) is 8.27. The molecule has 0 amide bonds. The van der Waals surface area contributed by atoms with E-state index in [1.54, 1.807) is 10.6 Å². The average Bonchev–Trinajstić information content (AvgIpc) is 3.08. The van der Waals surface area contributed by atoms with Gasteiger partial charge in [-0.25, -0.2) is 13.9 Å². The van der Waals surface area contributed by atoms with Crippen LogP contribution in [0.2, 0.25) is 0 Å². The summed E-state index contributed by atoms with van der Waals surface area (Å²) in [6, 6.07) is 8.04. The van der Waals surface area contributed by atoms with Crippen LogP contribution in [0.3, 0.4) is 0 Å². The van der Waals surface area contributed by atoms with Crippen LogP contribution in [-0.2, 0) is 0 Å². The molecule has 1 N–H and O–H groups in total. The highest BCUT2D eigenvalue weighted by Crippen LogP contribution is 2.32. The van der Waals surface area contributed by atoms with Crippen molar-refractivity contribution in [3.63, 3.8) is 0 Å². The Kier molecular flexibility index (Phi) is 7.03. The fourth-order valence-corrected chi connectivity index (χ4v) is 4.66. The maximum absolute atomic E-state index is 15.1. The van der Waals surface area contributed by atoms with Crippen LogP contribution >= 0.6 is 24.8 Å². The summed E-state index contributed by atoms with van der Waals surface area (Å²) in [5, 5.41) is 17.5. The van der Waals surface area contributed by atoms with Gasteiger partial charge in [0.05, 0.1) is 28.8 Å². The van der Waals surface area contributed by atoms with E-state index in [0.29, 0.717) is 40.2 Å². The van der Waals surface area contributed by atoms with E-state index in [4.69, 9.17) is 0 Å². The van der Waals surface area contributed by atoms with E-state index >= 15 is 4.39 Å². The van der Waals surface area contributed by atoms with Gasteiger partial charge in [-0.15, -0.1) is 24.8 Å². The minimum absolute atomic E-state index is 0. The van der Waals surface area contributed by atoms with Crippen molar-refractivity contribution >= 4 is 41.4 Å². The number of halogens is 3. The zero-order chi connectivity index (χ0) is 21.0. The molecule has 32 heavy (non-hydrogen) atoms. The second-order valence-electron chi connectivity index (χ2n) is 8.66. The Hall–Kier alpha value is -2.35. The van der Waals surface area contributed by atoms with Gasteiger partial charge in [-0.2, -0.15) is 15.3 Å². The standard InChI is InChI=1S/C23H25FN6.2ClH/c1-12-5-21(29-30-11-15(4)26-23(12)30)17-8-19(24)18-10-20(27-28-22(18)9-17)16-6-13(2)25-14(3)7-16;;/h5,8-11,13-14,16,25H,6-7H2,1-4H3;2*1H/t13-,14-;;/m1../s1. The van der Waals surface area contributed by atoms with Gasteiger partial charge in [0, 0.05) is 29.0 Å². The van der Waals surface area contributed by atoms with Gasteiger partial charge in [-0.3, -0.25) is 0 Å². The molecule has 1 aliphatic rings. The number of benzene rings is 1. The number of imidazole rings is 1. The Morgan fingerprint density at radius 2 is 1.72 bits per heavy atom. The molecule has 0 aliphatic carbocycles. The van der Waals surface area contributed by atoms with Gasteiger partial charge in [0.1, 0.15) is 5.82 Å². The Labute approximate surface area is 198 Å². The van der Waals surface area contributed by atoms with Crippen molar-refractivity contribution in [3.8, 4) is 11.3 Å². The zero-order valence-corrected chi connectivity index (χ0v) is 20.1. The monoisotopic (exact) mass is 476 g/mol. The number of piperidine rings is 1. The third-order valence-corrected chi connectivity index (χ3v) is 5.96. The molecule has 6 nitrogen and oxygen atoms in total. The topological polar surface area (TPSA) is 68.0 Å². The van der Waals surface area contributed by atoms with Crippen molar-refractivity contribution in [2.45, 2.75) is 58.5 Å². The number of hydrogen-bond acceptors (Lipinski definition) is 5. The molecule has 1 saturated heterocycles. The third-order valence-electron chi connectivity index (χ3n) is 5.96. The lowest BCUT2D eigenvalue weighted by molar-refractivity contribution is 0.312. The first-order chi connectivity index (χ1) is 14.4. The van der Waals surface area contributed by atoms with Crippen LogP contribution in [0.4, 0.5) is 4.39 Å². The number of hydrogen-bond donors (Lipinski definition) is 1. The second-order valence-corrected chi connectivity index (χ2v) is 8.66. The van der Waals surface area contributed by atoms with Crippen molar-refractivity contribution in [3.05, 3.63) is 53.2 Å². The van der Waals surface area contributed by atoms with Crippen LogP contribution in [0.5, 0.6) is 0 Å². The van der Waals surface area contributed by atoms with Gasteiger partial charge < -0.3 is 5.32 Å². The number of aryl methyl sites for hydroxylation is 2. The van der Waals surface area contributed by atoms with E-state index in [1.807, 2.05) is 38.2 Å². The Morgan fingerprint density at radius 1 is 1.00 bits per heavy atom. The van der Waals surface area contributed by atoms with Crippen molar-refractivity contribution in [1.29, 1.82) is 0 Å². The third kappa shape index (κ3) is 4.42. The summed E-state index contributed by atoms with van der Waals surface area (Å²) in [6.07, 6.45) is 3.84. The lowest BCUT2D eigenvalue weighted by Crippen LogP contribution is -2.41. The van der Waals surface area contributed by atoms with Gasteiger partial charge in [-0.05, 0) is 70.4 Å². The SMILES string of the molecule is Cc1cn2nc(-c3cc(F)c4cc(C5C[C@@H](C)N[C@H](C)C5)nnc4c3)cc(C)c2n1.Cl.Cl. The minimum Gasteiger partial charge on any atom is -0.312 e. The Morgan fingerprint density at radius 3 is 2.44 bits per heavy atom. The van der Waals surface area contributed by atoms with Crippen LogP contribution < -0.4 is 5.32 Å². The number of nitrogens with zero attached hydrogens (tertiary/aromatic N) is 5. The van der Waals surface area contributed by atoms with Crippen LogP contribution in [-0.4, -0.2) is 36.9 Å². The normalized spacial score (nSPS) is 20.7. The Bertz CT molecular complexity index is 1260. The Balaban J connectivity index is 0.00000144. The smallest absolute Gasteiger partial charge is 0.156 e. The molecule has 0 unspecified atom stereocenters. The van der Waals surface area contributed by atoms with Crippen LogP contribution in [0, 0.1) is 19.7 Å². The van der Waals surface area contributed by atoms with E-state index in [2.05, 4.69) is 39.4 Å². The van der Waals surface area contributed by atoms with Crippen molar-refractivity contribution in [2.24, 2.45) is 0 Å². The summed E-state index contributed by atoms with van der Waals surface area (Å²) < 4.78 is 16.9. The van der Waals surface area contributed by atoms with Crippen LogP contribution in [0.1, 0.15) is 49.6 Å². The maximum atomic E-state index is 15.1. The average molecular weight is 477 g/mol. The molecular formula is C23H27Cl2FN6. The summed E-state index contributed by atoms with van der Waals surface area (Å²) in [7, 11) is 0. The summed E-state index contributed by atoms with van der Waals surface area (Å²) in [5.74, 6) is -0.00141. The van der Waals surface area contributed by atoms with Gasteiger partial charge in [-0.1, -0.05) is 0 Å². The molecule has 3 aromatic heterocycles. The largest absolute Gasteiger partial charge is 0.312 e. The summed E-state index contributed by atoms with van der Waals surface area (Å²) in [5.41, 5.74) is 5.49. The predicted octanol–water partition coefficient (Wildman–Crippen LogP) is 5.18. The minimum atomic E-state index is -0.296. The van der Waals surface area contributed by atoms with E-state index < -0.39 is 0 Å². The molecule has 1 fully saturated rings. The lowest BCUT2D eigenvalue weighted by Gasteiger charge is -2.32. The predicted molar refractivity (Wildman–Crippen MR) is 129 cm³/mol. The molecule has 2 atom stereocenters. The van der Waals surface area contributed by atoms with E-state index in [-0.39, 0.29) is 30.6 Å². The highest BCUT2D eigenvalue weighted by molar-refractivity contribution is 5.86. The summed E-state index contributed by atoms with van der Waals surface area (Å²) >= 11 is 0. The van der Waals surface area contributed by atoms with Crippen LogP contribution in [0.25, 0.3) is 27.8 Å². The molecule has 170 valence electrons. The maximum Gasteiger partial charge on any atom is 0.156 e. The first kappa shape index (κ1) is 24.3. The first-order valence-corrected chi connectivity index (χ1v) is 10.4. The molecule has 1 aromatic carbocycles. The number of nitrogens with one attached hydrogen (secondary N) is 1. The molecule has 1 aliphatic heterocycles. The second kappa shape index (κ2) is 9.25. The zero-order valence-electron chi connectivity index (χ0n) is 18.5. The molecule has 5 rings (SSSR count). The molecule has 0 saturated carbocycles. The molecule has 4 aromatic rings. The van der Waals surface area contributed by atoms with Gasteiger partial charge >= 0.3 is 0 Å². The first-order valence-electron chi connectivity index (χ1n) is 10.4. The quantitative estimate of drug-likeness (QED) is 0.431. The fourth-order valence-electron chi connectivity index (χ4n) is 4.66. The highest BCUT2D eigenvalue weighted by atomic mass is 35.5. The molecular weight excluding hydrogens is 450 g/mol. The van der Waals surface area contributed by atoms with E-state index in [9.17, 15) is 0 Å². The van der Waals surface area contributed by atoms with Crippen molar-refractivity contribution < 1.29 is 4.39 Å². The molecule has 9 heteroatoms. The van der Waals surface area contributed by atoms with Gasteiger partial charge in [0.15, 0.2) is 5.65 Å². The number of aromatic nitrogens is 5. The lowest BCUT2D eigenvalue weighted by atomic mass is 9.86. The number of rotatable bonds is 2. The van der Waals surface area contributed by atoms with E-state index in [0.717, 1.165) is 35.4 Å². The summed E-state index contributed by atoms with van der Waals surface area (Å²) in [4.78, 5) is 4.48. The van der Waals surface area contributed by atoms with Crippen molar-refractivity contribution in [1.82, 2.24) is 30.1 Å². The number of fused-ring (bicyclic) bond motifs is 2. The van der Waals surface area contributed by atoms with Gasteiger partial charge in [0.2, 0.25) is 0 Å². The van der Waals surface area contributed by atoms with Crippen LogP contribution in [0.15, 0.2) is 30.5 Å². The molecule has 4 heterocycles. The molecule has 0 radical (unpaired) electrons. The van der Waals surface area contributed by atoms with Crippen molar-refractivity contribution in [2.75, 3.05) is 0 Å². The fraction of sp³-hybridized carbons (Fsp3) is 0.391.